The maximum atomic E-state index is 13.2. The van der Waals surface area contributed by atoms with Crippen LogP contribution in [0.25, 0.3) is 0 Å². The molecule has 3 rings (SSSR count). The van der Waals surface area contributed by atoms with Gasteiger partial charge in [0.25, 0.3) is 11.8 Å². The first kappa shape index (κ1) is 30.8. The SMILES string of the molecule is COC(=O)c1nc(NC(=O)c2cc(NC(=O)c3nc(NC(=O)OC(C)(C)C)sc3C(C)C)cn2C)sc1C(C)C. The van der Waals surface area contributed by atoms with Crippen molar-refractivity contribution in [1.29, 1.82) is 0 Å². The van der Waals surface area contributed by atoms with Crippen LogP contribution in [0.3, 0.4) is 0 Å². The summed E-state index contributed by atoms with van der Waals surface area (Å²) in [4.78, 5) is 60.4. The molecule has 3 aromatic rings. The molecular weight excluding hydrogens is 556 g/mol. The van der Waals surface area contributed by atoms with E-state index in [1.54, 1.807) is 38.6 Å². The highest BCUT2D eigenvalue weighted by Gasteiger charge is 2.25. The minimum Gasteiger partial charge on any atom is -0.464 e. The molecule has 0 aliphatic rings. The fourth-order valence-electron chi connectivity index (χ4n) is 3.56. The number of hydrogen-bond donors (Lipinski definition) is 3. The van der Waals surface area contributed by atoms with Gasteiger partial charge < -0.3 is 19.4 Å². The van der Waals surface area contributed by atoms with E-state index < -0.39 is 29.5 Å². The second-order valence-corrected chi connectivity index (χ2v) is 12.6. The number of esters is 1. The fourth-order valence-corrected chi connectivity index (χ4v) is 5.46. The molecule has 14 heteroatoms. The van der Waals surface area contributed by atoms with Gasteiger partial charge in [-0.2, -0.15) is 0 Å². The lowest BCUT2D eigenvalue weighted by atomic mass is 10.1. The molecular formula is C26H34N6O6S2. The minimum absolute atomic E-state index is 0.00963. The molecule has 0 aromatic carbocycles. The average molecular weight is 591 g/mol. The van der Waals surface area contributed by atoms with Crippen LogP contribution in [0, 0.1) is 0 Å². The quantitative estimate of drug-likeness (QED) is 0.277. The number of amides is 3. The van der Waals surface area contributed by atoms with Crippen molar-refractivity contribution in [3.63, 3.8) is 0 Å². The lowest BCUT2D eigenvalue weighted by Crippen LogP contribution is -2.27. The molecule has 3 aromatic heterocycles. The van der Waals surface area contributed by atoms with E-state index in [2.05, 4.69) is 25.9 Å². The van der Waals surface area contributed by atoms with Gasteiger partial charge in [-0.1, -0.05) is 27.7 Å². The lowest BCUT2D eigenvalue weighted by molar-refractivity contribution is 0.0591. The zero-order valence-electron chi connectivity index (χ0n) is 23.9. The number of thiazole rings is 2. The Kier molecular flexibility index (Phi) is 9.36. The monoisotopic (exact) mass is 590 g/mol. The Labute approximate surface area is 240 Å². The molecule has 0 aliphatic heterocycles. The first-order chi connectivity index (χ1) is 18.6. The van der Waals surface area contributed by atoms with Crippen LogP contribution < -0.4 is 16.0 Å². The van der Waals surface area contributed by atoms with Gasteiger partial charge >= 0.3 is 12.1 Å². The van der Waals surface area contributed by atoms with E-state index in [0.717, 1.165) is 0 Å². The zero-order chi connectivity index (χ0) is 29.9. The standard InChI is InChI=1S/C26H34N6O6S2/c1-12(2)18-16(28-24(39-18)31-25(36)38-26(5,6)7)21(34)27-14-10-15(32(8)11-14)20(33)30-23-29-17(22(35)37-9)19(40-23)13(3)4/h10-13H,1-9H3,(H,27,34)(H,28,31,36)(H,29,30,33). The van der Waals surface area contributed by atoms with Gasteiger partial charge in [-0.15, -0.1) is 22.7 Å². The number of methoxy groups -OCH3 is 1. The summed E-state index contributed by atoms with van der Waals surface area (Å²) in [5, 5.41) is 8.58. The van der Waals surface area contributed by atoms with Crippen LogP contribution in [0.15, 0.2) is 12.3 Å². The maximum Gasteiger partial charge on any atom is 0.413 e. The van der Waals surface area contributed by atoms with Gasteiger partial charge in [-0.05, 0) is 38.7 Å². The summed E-state index contributed by atoms with van der Waals surface area (Å²) in [6.07, 6.45) is 0.928. The number of rotatable bonds is 8. The molecule has 3 heterocycles. The van der Waals surface area contributed by atoms with Gasteiger partial charge in [0.05, 0.1) is 12.8 Å². The van der Waals surface area contributed by atoms with Crippen molar-refractivity contribution < 1.29 is 28.7 Å². The highest BCUT2D eigenvalue weighted by atomic mass is 32.1. The van der Waals surface area contributed by atoms with Crippen molar-refractivity contribution in [3.8, 4) is 0 Å². The number of ether oxygens (including phenoxy) is 2. The average Bonchev–Trinajstić information content (AvgIpc) is 3.54. The van der Waals surface area contributed by atoms with Crippen LogP contribution in [0.5, 0.6) is 0 Å². The van der Waals surface area contributed by atoms with Crippen LogP contribution in [-0.2, 0) is 16.5 Å². The van der Waals surface area contributed by atoms with Crippen molar-refractivity contribution >= 4 is 62.5 Å². The summed E-state index contributed by atoms with van der Waals surface area (Å²) in [6, 6.07) is 1.52. The number of nitrogens with one attached hydrogen (secondary N) is 3. The Balaban J connectivity index is 1.77. The van der Waals surface area contributed by atoms with Gasteiger partial charge in [0, 0.05) is 23.0 Å². The smallest absolute Gasteiger partial charge is 0.413 e. The topological polar surface area (TPSA) is 154 Å². The van der Waals surface area contributed by atoms with Crippen molar-refractivity contribution in [2.75, 3.05) is 23.1 Å². The van der Waals surface area contributed by atoms with Crippen LogP contribution in [0.1, 0.15) is 102 Å². The van der Waals surface area contributed by atoms with Gasteiger partial charge in [0.15, 0.2) is 16.0 Å². The molecule has 0 saturated heterocycles. The van der Waals surface area contributed by atoms with Crippen molar-refractivity contribution in [2.45, 2.75) is 65.9 Å². The Morgan fingerprint density at radius 2 is 1.43 bits per heavy atom. The van der Waals surface area contributed by atoms with Crippen LogP contribution >= 0.6 is 22.7 Å². The first-order valence-electron chi connectivity index (χ1n) is 12.5. The Morgan fingerprint density at radius 3 is 1.98 bits per heavy atom. The minimum atomic E-state index is -0.681. The van der Waals surface area contributed by atoms with Crippen molar-refractivity contribution in [2.24, 2.45) is 7.05 Å². The van der Waals surface area contributed by atoms with E-state index in [4.69, 9.17) is 9.47 Å². The molecule has 0 saturated carbocycles. The van der Waals surface area contributed by atoms with Gasteiger partial charge in [0.2, 0.25) is 0 Å². The molecule has 0 radical (unpaired) electrons. The first-order valence-corrected chi connectivity index (χ1v) is 14.1. The second-order valence-electron chi connectivity index (χ2n) is 10.5. The normalized spacial score (nSPS) is 11.5. The summed E-state index contributed by atoms with van der Waals surface area (Å²) in [7, 11) is 2.94. The fraction of sp³-hybridized carbons (Fsp3) is 0.462. The Hall–Kier alpha value is -3.78. The molecule has 3 N–H and O–H groups in total. The number of nitrogens with zero attached hydrogens (tertiary/aromatic N) is 3. The highest BCUT2D eigenvalue weighted by Crippen LogP contribution is 2.32. The van der Waals surface area contributed by atoms with E-state index >= 15 is 0 Å². The highest BCUT2D eigenvalue weighted by molar-refractivity contribution is 7.16. The molecule has 0 bridgehead atoms. The number of aryl methyl sites for hydroxylation is 1. The summed E-state index contributed by atoms with van der Waals surface area (Å²) in [6.45, 7) is 12.9. The van der Waals surface area contributed by atoms with E-state index in [-0.39, 0.29) is 39.2 Å². The molecule has 0 atom stereocenters. The number of carbonyl (C=O) groups excluding carboxylic acids is 4. The molecule has 216 valence electrons. The molecule has 0 fully saturated rings. The molecule has 40 heavy (non-hydrogen) atoms. The van der Waals surface area contributed by atoms with Gasteiger partial charge in [0.1, 0.15) is 17.0 Å². The number of aromatic nitrogens is 3. The molecule has 3 amide bonds. The van der Waals surface area contributed by atoms with Gasteiger partial charge in [-0.3, -0.25) is 20.2 Å². The largest absolute Gasteiger partial charge is 0.464 e. The van der Waals surface area contributed by atoms with Crippen molar-refractivity contribution in [3.05, 3.63) is 39.1 Å². The third-order valence-electron chi connectivity index (χ3n) is 5.27. The summed E-state index contributed by atoms with van der Waals surface area (Å²) >= 11 is 2.39. The molecule has 0 aliphatic carbocycles. The molecule has 0 spiro atoms. The predicted molar refractivity (Wildman–Crippen MR) is 155 cm³/mol. The van der Waals surface area contributed by atoms with Gasteiger partial charge in [-0.25, -0.2) is 19.6 Å². The third-order valence-corrected chi connectivity index (χ3v) is 7.82. The Bertz CT molecular complexity index is 1430. The summed E-state index contributed by atoms with van der Waals surface area (Å²) in [5.74, 6) is -1.55. The third kappa shape index (κ3) is 7.45. The second kappa shape index (κ2) is 12.2. The lowest BCUT2D eigenvalue weighted by Gasteiger charge is -2.18. The van der Waals surface area contributed by atoms with Crippen LogP contribution in [-0.4, -0.2) is 51.1 Å². The van der Waals surface area contributed by atoms with E-state index in [1.807, 2.05) is 27.7 Å². The number of anilines is 3. The summed E-state index contributed by atoms with van der Waals surface area (Å²) in [5.41, 5.74) is 0.285. The molecule has 12 nitrogen and oxygen atoms in total. The number of hydrogen-bond acceptors (Lipinski definition) is 10. The Morgan fingerprint density at radius 1 is 0.875 bits per heavy atom. The predicted octanol–water partition coefficient (Wildman–Crippen LogP) is 5.82. The van der Waals surface area contributed by atoms with Crippen molar-refractivity contribution in [1.82, 2.24) is 14.5 Å². The zero-order valence-corrected chi connectivity index (χ0v) is 25.6. The molecule has 0 unspecified atom stereocenters. The number of carbonyl (C=O) groups is 4. The van der Waals surface area contributed by atoms with E-state index in [1.165, 1.54) is 35.8 Å². The summed E-state index contributed by atoms with van der Waals surface area (Å²) < 4.78 is 11.6. The van der Waals surface area contributed by atoms with Crippen LogP contribution in [0.2, 0.25) is 0 Å². The van der Waals surface area contributed by atoms with Crippen LogP contribution in [0.4, 0.5) is 20.7 Å². The van der Waals surface area contributed by atoms with E-state index in [9.17, 15) is 19.2 Å². The maximum absolute atomic E-state index is 13.2. The van der Waals surface area contributed by atoms with E-state index in [0.29, 0.717) is 15.4 Å².